The van der Waals surface area contributed by atoms with Gasteiger partial charge in [-0.3, -0.25) is 14.9 Å². The second-order valence-electron chi connectivity index (χ2n) is 3.38. The van der Waals surface area contributed by atoms with Gasteiger partial charge in [0, 0.05) is 6.20 Å². The minimum absolute atomic E-state index is 0.134. The molecule has 0 aliphatic heterocycles. The van der Waals surface area contributed by atoms with Crippen molar-refractivity contribution >= 4 is 40.1 Å². The Bertz CT molecular complexity index is 632. The molecular weight excluding hydrogens is 307 g/mol. The van der Waals surface area contributed by atoms with Gasteiger partial charge in [0.25, 0.3) is 5.91 Å². The van der Waals surface area contributed by atoms with Gasteiger partial charge in [-0.2, -0.15) is 4.39 Å². The Morgan fingerprint density at radius 3 is 2.85 bits per heavy atom. The van der Waals surface area contributed by atoms with Crippen molar-refractivity contribution in [2.45, 2.75) is 4.34 Å². The average Bonchev–Trinajstić information content (AvgIpc) is 2.84. The Balaban J connectivity index is 1.97. The fourth-order valence-corrected chi connectivity index (χ4v) is 2.59. The Morgan fingerprint density at radius 1 is 1.40 bits per heavy atom. The van der Waals surface area contributed by atoms with Crippen LogP contribution in [0.5, 0.6) is 0 Å². The molecule has 1 amide bonds. The lowest BCUT2D eigenvalue weighted by Gasteiger charge is -1.99. The Kier molecular flexibility index (Phi) is 4.58. The molecule has 2 aromatic heterocycles. The summed E-state index contributed by atoms with van der Waals surface area (Å²) in [5, 5.41) is 18.7. The zero-order valence-corrected chi connectivity index (χ0v) is 11.4. The summed E-state index contributed by atoms with van der Waals surface area (Å²) in [7, 11) is 0. The summed E-state index contributed by atoms with van der Waals surface area (Å²) in [6, 6.07) is 2.36. The molecule has 20 heavy (non-hydrogen) atoms. The summed E-state index contributed by atoms with van der Waals surface area (Å²) in [5.74, 6) is -2.27. The number of rotatable bonds is 5. The first-order valence-corrected chi connectivity index (χ1v) is 6.96. The third kappa shape index (κ3) is 3.96. The summed E-state index contributed by atoms with van der Waals surface area (Å²) in [5.41, 5.74) is 0.182. The molecule has 2 rings (SSSR count). The van der Waals surface area contributed by atoms with Gasteiger partial charge < -0.3 is 5.11 Å². The fraction of sp³-hybridized carbons (Fsp3) is 0.100. The van der Waals surface area contributed by atoms with E-state index in [0.717, 1.165) is 35.4 Å². The number of amides is 1. The van der Waals surface area contributed by atoms with Crippen LogP contribution in [0, 0.1) is 5.95 Å². The molecule has 7 nitrogen and oxygen atoms in total. The van der Waals surface area contributed by atoms with Crippen molar-refractivity contribution in [3.05, 3.63) is 29.8 Å². The lowest BCUT2D eigenvalue weighted by atomic mass is 10.3. The molecule has 0 saturated carbocycles. The number of carboxylic acid groups (broad SMARTS) is 1. The van der Waals surface area contributed by atoms with Crippen LogP contribution in [0.1, 0.15) is 10.4 Å². The average molecular weight is 314 g/mol. The number of carbonyl (C=O) groups excluding carboxylic acids is 1. The molecule has 0 atom stereocenters. The monoisotopic (exact) mass is 314 g/mol. The molecule has 0 unspecified atom stereocenters. The third-order valence-electron chi connectivity index (χ3n) is 1.94. The first kappa shape index (κ1) is 14.3. The summed E-state index contributed by atoms with van der Waals surface area (Å²) in [6.07, 6.45) is 1.10. The van der Waals surface area contributed by atoms with Crippen molar-refractivity contribution < 1.29 is 19.1 Å². The van der Waals surface area contributed by atoms with Crippen molar-refractivity contribution in [3.8, 4) is 0 Å². The SMILES string of the molecule is O=C(O)CSc1nnc(NC(=O)c2ccc(F)nc2)s1. The number of hydrogen-bond acceptors (Lipinski definition) is 7. The van der Waals surface area contributed by atoms with E-state index >= 15 is 0 Å². The lowest BCUT2D eigenvalue weighted by molar-refractivity contribution is -0.133. The van der Waals surface area contributed by atoms with Crippen LogP contribution in [-0.2, 0) is 4.79 Å². The molecule has 10 heteroatoms. The van der Waals surface area contributed by atoms with E-state index in [9.17, 15) is 14.0 Å². The molecule has 0 spiro atoms. The van der Waals surface area contributed by atoms with Crippen molar-refractivity contribution in [1.29, 1.82) is 0 Å². The van der Waals surface area contributed by atoms with Crippen molar-refractivity contribution in [2.75, 3.05) is 11.1 Å². The maximum absolute atomic E-state index is 12.6. The van der Waals surface area contributed by atoms with E-state index in [2.05, 4.69) is 20.5 Å². The Labute approximate surface area is 120 Å². The number of nitrogens with zero attached hydrogens (tertiary/aromatic N) is 3. The van der Waals surface area contributed by atoms with Gasteiger partial charge in [0.2, 0.25) is 11.1 Å². The van der Waals surface area contributed by atoms with Crippen LogP contribution in [0.2, 0.25) is 0 Å². The summed E-state index contributed by atoms with van der Waals surface area (Å²) >= 11 is 2.06. The van der Waals surface area contributed by atoms with E-state index in [1.165, 1.54) is 6.07 Å². The van der Waals surface area contributed by atoms with Gasteiger partial charge in [-0.25, -0.2) is 4.98 Å². The number of thioether (sulfide) groups is 1. The highest BCUT2D eigenvalue weighted by atomic mass is 32.2. The van der Waals surface area contributed by atoms with Gasteiger partial charge in [0.1, 0.15) is 0 Å². The molecule has 0 saturated heterocycles. The smallest absolute Gasteiger partial charge is 0.313 e. The molecule has 0 fully saturated rings. The first-order chi connectivity index (χ1) is 9.54. The van der Waals surface area contributed by atoms with Crippen LogP contribution in [0.25, 0.3) is 0 Å². The Hall–Kier alpha value is -2.07. The maximum Gasteiger partial charge on any atom is 0.313 e. The maximum atomic E-state index is 12.6. The van der Waals surface area contributed by atoms with Crippen LogP contribution in [0.3, 0.4) is 0 Å². The molecule has 0 aliphatic carbocycles. The van der Waals surface area contributed by atoms with Crippen LogP contribution in [0.15, 0.2) is 22.7 Å². The highest BCUT2D eigenvalue weighted by molar-refractivity contribution is 8.01. The molecule has 0 aliphatic rings. The van der Waals surface area contributed by atoms with Gasteiger partial charge in [-0.1, -0.05) is 23.1 Å². The zero-order chi connectivity index (χ0) is 14.5. The van der Waals surface area contributed by atoms with Gasteiger partial charge in [0.15, 0.2) is 4.34 Å². The second-order valence-corrected chi connectivity index (χ2v) is 5.58. The highest BCUT2D eigenvalue weighted by Crippen LogP contribution is 2.25. The van der Waals surface area contributed by atoms with Crippen LogP contribution >= 0.6 is 23.1 Å². The van der Waals surface area contributed by atoms with E-state index in [-0.39, 0.29) is 16.4 Å². The van der Waals surface area contributed by atoms with Gasteiger partial charge >= 0.3 is 5.97 Å². The first-order valence-electron chi connectivity index (χ1n) is 5.15. The second kappa shape index (κ2) is 6.39. The number of aliphatic carboxylic acids is 1. The van der Waals surface area contributed by atoms with E-state index in [4.69, 9.17) is 5.11 Å². The topological polar surface area (TPSA) is 105 Å². The largest absolute Gasteiger partial charge is 0.481 e. The van der Waals surface area contributed by atoms with Crippen molar-refractivity contribution in [3.63, 3.8) is 0 Å². The number of carboxylic acids is 1. The minimum Gasteiger partial charge on any atom is -0.481 e. The van der Waals surface area contributed by atoms with Crippen molar-refractivity contribution in [1.82, 2.24) is 15.2 Å². The third-order valence-corrected chi connectivity index (χ3v) is 3.89. The summed E-state index contributed by atoms with van der Waals surface area (Å²) < 4.78 is 13.0. The molecule has 2 N–H and O–H groups in total. The number of hydrogen-bond donors (Lipinski definition) is 2. The van der Waals surface area contributed by atoms with Crippen LogP contribution in [-0.4, -0.2) is 37.9 Å². The predicted octanol–water partition coefficient (Wildman–Crippen LogP) is 1.50. The van der Waals surface area contributed by atoms with Gasteiger partial charge in [-0.15, -0.1) is 10.2 Å². The lowest BCUT2D eigenvalue weighted by Crippen LogP contribution is -2.12. The molecule has 104 valence electrons. The van der Waals surface area contributed by atoms with Crippen LogP contribution < -0.4 is 5.32 Å². The number of aromatic nitrogens is 3. The molecule has 2 aromatic rings. The Morgan fingerprint density at radius 2 is 2.20 bits per heavy atom. The summed E-state index contributed by atoms with van der Waals surface area (Å²) in [4.78, 5) is 25.5. The quantitative estimate of drug-likeness (QED) is 0.489. The molecule has 0 aromatic carbocycles. The van der Waals surface area contributed by atoms with E-state index in [1.807, 2.05) is 0 Å². The van der Waals surface area contributed by atoms with Crippen LogP contribution in [0.4, 0.5) is 9.52 Å². The molecule has 0 radical (unpaired) electrons. The fourth-order valence-electron chi connectivity index (χ4n) is 1.12. The highest BCUT2D eigenvalue weighted by Gasteiger charge is 2.11. The number of nitrogens with one attached hydrogen (secondary N) is 1. The molecular formula is C10H7FN4O3S2. The number of anilines is 1. The molecule has 0 bridgehead atoms. The van der Waals surface area contributed by atoms with E-state index < -0.39 is 17.8 Å². The zero-order valence-electron chi connectivity index (χ0n) is 9.74. The van der Waals surface area contributed by atoms with Gasteiger partial charge in [0.05, 0.1) is 11.3 Å². The number of carbonyl (C=O) groups is 2. The standard InChI is InChI=1S/C10H7FN4O3S2/c11-6-2-1-5(3-12-6)8(18)13-9-14-15-10(20-9)19-4-7(16)17/h1-3H,4H2,(H,16,17)(H,13,14,18). The number of halogens is 1. The number of pyridine rings is 1. The normalized spacial score (nSPS) is 10.2. The van der Waals surface area contributed by atoms with Crippen molar-refractivity contribution in [2.24, 2.45) is 0 Å². The van der Waals surface area contributed by atoms with E-state index in [0.29, 0.717) is 4.34 Å². The predicted molar refractivity (Wildman–Crippen MR) is 70.4 cm³/mol. The minimum atomic E-state index is -0.965. The molecule has 2 heterocycles. The summed E-state index contributed by atoms with van der Waals surface area (Å²) in [6.45, 7) is 0. The van der Waals surface area contributed by atoms with Gasteiger partial charge in [-0.05, 0) is 12.1 Å². The van der Waals surface area contributed by atoms with E-state index in [1.54, 1.807) is 0 Å².